The molecule has 3 aromatic rings. The van der Waals surface area contributed by atoms with Gasteiger partial charge in [0.2, 0.25) is 5.28 Å². The molecule has 0 aliphatic heterocycles. The van der Waals surface area contributed by atoms with Gasteiger partial charge in [-0.3, -0.25) is 4.79 Å². The number of ether oxygens (including phenoxy) is 1. The molecule has 6 heteroatoms. The van der Waals surface area contributed by atoms with Crippen molar-refractivity contribution in [2.45, 2.75) is 6.61 Å². The van der Waals surface area contributed by atoms with Crippen LogP contribution in [0.1, 0.15) is 5.56 Å². The summed E-state index contributed by atoms with van der Waals surface area (Å²) >= 11 is 5.79. The third-order valence-electron chi connectivity index (χ3n) is 3.15. The molecular weight excluding hydrogens is 290 g/mol. The molecule has 0 unspecified atom stereocenters. The van der Waals surface area contributed by atoms with Crippen LogP contribution in [0.4, 0.5) is 0 Å². The zero-order valence-corrected chi connectivity index (χ0v) is 12.0. The maximum atomic E-state index is 12.2. The molecule has 21 heavy (non-hydrogen) atoms. The number of hydrogen-bond acceptors (Lipinski definition) is 4. The number of pyridine rings is 1. The van der Waals surface area contributed by atoms with Gasteiger partial charge in [-0.25, -0.2) is 9.97 Å². The molecule has 2 heterocycles. The Morgan fingerprint density at radius 3 is 2.81 bits per heavy atom. The lowest BCUT2D eigenvalue weighted by Crippen LogP contribution is -2.20. The van der Waals surface area contributed by atoms with Gasteiger partial charge in [-0.2, -0.15) is 0 Å². The summed E-state index contributed by atoms with van der Waals surface area (Å²) in [6.45, 7) is 0.320. The fraction of sp³-hybridized carbons (Fsp3) is 0.133. The Hall–Kier alpha value is -2.40. The molecular formula is C15H12ClN3O2. The van der Waals surface area contributed by atoms with Crippen molar-refractivity contribution in [3.63, 3.8) is 0 Å². The molecule has 0 N–H and O–H groups in total. The Kier molecular flexibility index (Phi) is 3.58. The predicted octanol–water partition coefficient (Wildman–Crippen LogP) is 2.56. The summed E-state index contributed by atoms with van der Waals surface area (Å²) < 4.78 is 7.07. The van der Waals surface area contributed by atoms with Crippen LogP contribution in [0.15, 0.2) is 47.4 Å². The van der Waals surface area contributed by atoms with Crippen molar-refractivity contribution in [2.75, 3.05) is 0 Å². The quantitative estimate of drug-likeness (QED) is 0.698. The number of fused-ring (bicyclic) bond motifs is 1. The first-order valence-electron chi connectivity index (χ1n) is 6.34. The number of halogens is 1. The Bertz CT molecular complexity index is 847. The molecule has 0 saturated heterocycles. The standard InChI is InChI=1S/C15H12ClN3O2/c1-19-12-8-17-15(16)18-11(12)7-13(14(19)20)21-9-10-5-3-2-4-6-10/h2-8H,9H2,1H3. The molecule has 0 aliphatic carbocycles. The Morgan fingerprint density at radius 1 is 1.29 bits per heavy atom. The Morgan fingerprint density at radius 2 is 2.05 bits per heavy atom. The normalized spacial score (nSPS) is 10.8. The third-order valence-corrected chi connectivity index (χ3v) is 3.33. The lowest BCUT2D eigenvalue weighted by atomic mass is 10.2. The van der Waals surface area contributed by atoms with Crippen LogP contribution in [-0.2, 0) is 13.7 Å². The van der Waals surface area contributed by atoms with E-state index in [4.69, 9.17) is 16.3 Å². The first kappa shape index (κ1) is 13.6. The summed E-state index contributed by atoms with van der Waals surface area (Å²) in [5.74, 6) is 0.239. The first-order chi connectivity index (χ1) is 10.1. The average Bonchev–Trinajstić information content (AvgIpc) is 2.50. The molecule has 0 aliphatic rings. The van der Waals surface area contributed by atoms with Crippen molar-refractivity contribution in [3.05, 3.63) is 63.8 Å². The van der Waals surface area contributed by atoms with Gasteiger partial charge in [0.05, 0.1) is 17.2 Å². The van der Waals surface area contributed by atoms with E-state index in [1.54, 1.807) is 13.1 Å². The number of aryl methyl sites for hydroxylation is 1. The van der Waals surface area contributed by atoms with E-state index >= 15 is 0 Å². The van der Waals surface area contributed by atoms with Crippen LogP contribution >= 0.6 is 11.6 Å². The SMILES string of the molecule is Cn1c(=O)c(OCc2ccccc2)cc2nc(Cl)ncc21. The smallest absolute Gasteiger partial charge is 0.293 e. The number of rotatable bonds is 3. The molecule has 0 spiro atoms. The van der Waals surface area contributed by atoms with Crippen molar-refractivity contribution in [1.82, 2.24) is 14.5 Å². The number of nitrogens with zero attached hydrogens (tertiary/aromatic N) is 3. The zero-order chi connectivity index (χ0) is 14.8. The van der Waals surface area contributed by atoms with E-state index in [9.17, 15) is 4.79 Å². The lowest BCUT2D eigenvalue weighted by molar-refractivity contribution is 0.300. The van der Waals surface area contributed by atoms with Gasteiger partial charge in [0.25, 0.3) is 5.56 Å². The van der Waals surface area contributed by atoms with Gasteiger partial charge in [0.15, 0.2) is 5.75 Å². The van der Waals surface area contributed by atoms with Crippen LogP contribution in [0, 0.1) is 0 Å². The fourth-order valence-corrected chi connectivity index (χ4v) is 2.17. The van der Waals surface area contributed by atoms with Gasteiger partial charge < -0.3 is 9.30 Å². The summed E-state index contributed by atoms with van der Waals surface area (Å²) in [7, 11) is 1.65. The van der Waals surface area contributed by atoms with Gasteiger partial charge >= 0.3 is 0 Å². The molecule has 0 atom stereocenters. The third kappa shape index (κ3) is 2.73. The first-order valence-corrected chi connectivity index (χ1v) is 6.72. The second kappa shape index (κ2) is 5.54. The van der Waals surface area contributed by atoms with Gasteiger partial charge in [-0.1, -0.05) is 30.3 Å². The minimum atomic E-state index is -0.232. The largest absolute Gasteiger partial charge is 0.483 e. The highest BCUT2D eigenvalue weighted by atomic mass is 35.5. The van der Waals surface area contributed by atoms with Gasteiger partial charge in [-0.15, -0.1) is 0 Å². The lowest BCUT2D eigenvalue weighted by Gasteiger charge is -2.09. The minimum absolute atomic E-state index is 0.134. The predicted molar refractivity (Wildman–Crippen MR) is 80.6 cm³/mol. The molecule has 2 aromatic heterocycles. The molecule has 1 aromatic carbocycles. The average molecular weight is 302 g/mol. The van der Waals surface area contributed by atoms with Crippen LogP contribution < -0.4 is 10.3 Å². The van der Waals surface area contributed by atoms with E-state index in [1.807, 2.05) is 30.3 Å². The van der Waals surface area contributed by atoms with Crippen molar-refractivity contribution in [1.29, 1.82) is 0 Å². The fourth-order valence-electron chi connectivity index (χ4n) is 2.03. The van der Waals surface area contributed by atoms with Crippen LogP contribution in [0.5, 0.6) is 5.75 Å². The summed E-state index contributed by atoms with van der Waals surface area (Å²) in [5.41, 5.74) is 1.93. The summed E-state index contributed by atoms with van der Waals surface area (Å²) in [6, 6.07) is 11.2. The van der Waals surface area contributed by atoms with Crippen LogP contribution in [-0.4, -0.2) is 14.5 Å². The van der Waals surface area contributed by atoms with E-state index < -0.39 is 0 Å². The van der Waals surface area contributed by atoms with Crippen LogP contribution in [0.25, 0.3) is 11.0 Å². The van der Waals surface area contributed by atoms with E-state index in [2.05, 4.69) is 9.97 Å². The van der Waals surface area contributed by atoms with E-state index in [0.29, 0.717) is 17.6 Å². The maximum Gasteiger partial charge on any atom is 0.293 e. The van der Waals surface area contributed by atoms with Gasteiger partial charge in [0.1, 0.15) is 6.61 Å². The van der Waals surface area contributed by atoms with Crippen LogP contribution in [0.2, 0.25) is 5.28 Å². The van der Waals surface area contributed by atoms with Crippen molar-refractivity contribution >= 4 is 22.6 Å². The Balaban J connectivity index is 1.98. The molecule has 106 valence electrons. The maximum absolute atomic E-state index is 12.2. The molecule has 0 bridgehead atoms. The van der Waals surface area contributed by atoms with Gasteiger partial charge in [-0.05, 0) is 17.2 Å². The molecule has 0 fully saturated rings. The molecule has 3 rings (SSSR count). The number of benzene rings is 1. The molecule has 0 saturated carbocycles. The summed E-state index contributed by atoms with van der Waals surface area (Å²) in [4.78, 5) is 20.2. The monoisotopic (exact) mass is 301 g/mol. The Labute approximate surface area is 125 Å². The highest BCUT2D eigenvalue weighted by molar-refractivity contribution is 6.28. The zero-order valence-electron chi connectivity index (χ0n) is 11.3. The highest BCUT2D eigenvalue weighted by Crippen LogP contribution is 2.16. The van der Waals surface area contributed by atoms with E-state index in [0.717, 1.165) is 5.56 Å². The summed E-state index contributed by atoms with van der Waals surface area (Å²) in [5, 5.41) is 0.134. The molecule has 5 nitrogen and oxygen atoms in total. The molecule has 0 radical (unpaired) electrons. The topological polar surface area (TPSA) is 57.0 Å². The van der Waals surface area contributed by atoms with Crippen molar-refractivity contribution < 1.29 is 4.74 Å². The number of aromatic nitrogens is 3. The summed E-state index contributed by atoms with van der Waals surface area (Å²) in [6.07, 6.45) is 1.52. The minimum Gasteiger partial charge on any atom is -0.483 e. The highest BCUT2D eigenvalue weighted by Gasteiger charge is 2.10. The van der Waals surface area contributed by atoms with E-state index in [1.165, 1.54) is 10.8 Å². The molecule has 0 amide bonds. The van der Waals surface area contributed by atoms with Crippen molar-refractivity contribution in [2.24, 2.45) is 7.05 Å². The van der Waals surface area contributed by atoms with Crippen LogP contribution in [0.3, 0.4) is 0 Å². The van der Waals surface area contributed by atoms with E-state index in [-0.39, 0.29) is 16.6 Å². The second-order valence-electron chi connectivity index (χ2n) is 4.56. The number of hydrogen-bond donors (Lipinski definition) is 0. The second-order valence-corrected chi connectivity index (χ2v) is 4.89. The van der Waals surface area contributed by atoms with Crippen molar-refractivity contribution in [3.8, 4) is 5.75 Å². The van der Waals surface area contributed by atoms with Gasteiger partial charge in [0, 0.05) is 13.1 Å².